The van der Waals surface area contributed by atoms with Crippen LogP contribution in [0.2, 0.25) is 0 Å². The summed E-state index contributed by atoms with van der Waals surface area (Å²) in [4.78, 5) is 29.4. The van der Waals surface area contributed by atoms with E-state index < -0.39 is 5.97 Å². The number of nitrogens with one attached hydrogen (secondary N) is 1. The Morgan fingerprint density at radius 3 is 2.56 bits per heavy atom. The standard InChI is InChI=1S/C9H6N4O3/c14-6-1-2-12-13-7(6)8-10-3-5(4-11-8)9(15)16/h1-4H,(H,12,14)(H,15,16). The van der Waals surface area contributed by atoms with E-state index in [1.54, 1.807) is 0 Å². The quantitative estimate of drug-likeness (QED) is 0.729. The Kier molecular flexibility index (Phi) is 2.42. The Morgan fingerprint density at radius 2 is 2.00 bits per heavy atom. The average molecular weight is 218 g/mol. The largest absolute Gasteiger partial charge is 0.478 e. The highest BCUT2D eigenvalue weighted by Crippen LogP contribution is 2.04. The second-order valence-corrected chi connectivity index (χ2v) is 2.89. The fourth-order valence-corrected chi connectivity index (χ4v) is 1.07. The summed E-state index contributed by atoms with van der Waals surface area (Å²) < 4.78 is 0. The van der Waals surface area contributed by atoms with Gasteiger partial charge in [0.2, 0.25) is 5.43 Å². The lowest BCUT2D eigenvalue weighted by Gasteiger charge is -1.97. The molecule has 2 rings (SSSR count). The van der Waals surface area contributed by atoms with Crippen molar-refractivity contribution in [2.45, 2.75) is 0 Å². The van der Waals surface area contributed by atoms with E-state index in [9.17, 15) is 9.59 Å². The molecule has 0 unspecified atom stereocenters. The molecule has 0 saturated heterocycles. The Hall–Kier alpha value is -2.57. The van der Waals surface area contributed by atoms with Gasteiger partial charge in [-0.05, 0) is 0 Å². The minimum absolute atomic E-state index is 0.0453. The third kappa shape index (κ3) is 1.78. The van der Waals surface area contributed by atoms with Crippen LogP contribution in [0.25, 0.3) is 11.5 Å². The van der Waals surface area contributed by atoms with Crippen molar-refractivity contribution in [3.05, 3.63) is 40.4 Å². The lowest BCUT2D eigenvalue weighted by molar-refractivity contribution is 0.0696. The third-order valence-corrected chi connectivity index (χ3v) is 1.83. The van der Waals surface area contributed by atoms with E-state index in [1.165, 1.54) is 12.3 Å². The van der Waals surface area contributed by atoms with Crippen LogP contribution in [-0.2, 0) is 0 Å². The van der Waals surface area contributed by atoms with Crippen LogP contribution in [0.3, 0.4) is 0 Å². The van der Waals surface area contributed by atoms with Gasteiger partial charge in [-0.1, -0.05) is 0 Å². The molecular formula is C9H6N4O3. The molecule has 0 atom stereocenters. The topological polar surface area (TPSA) is 109 Å². The van der Waals surface area contributed by atoms with Crippen LogP contribution in [0.1, 0.15) is 10.4 Å². The number of aromatic carboxylic acids is 1. The molecule has 2 aromatic rings. The predicted molar refractivity (Wildman–Crippen MR) is 52.8 cm³/mol. The zero-order chi connectivity index (χ0) is 11.5. The van der Waals surface area contributed by atoms with E-state index in [1.807, 2.05) is 0 Å². The monoisotopic (exact) mass is 218 g/mol. The fourth-order valence-electron chi connectivity index (χ4n) is 1.07. The summed E-state index contributed by atoms with van der Waals surface area (Å²) in [5, 5.41) is 14.8. The molecule has 0 fully saturated rings. The van der Waals surface area contributed by atoms with E-state index in [4.69, 9.17) is 5.11 Å². The van der Waals surface area contributed by atoms with Gasteiger partial charge in [-0.2, -0.15) is 5.10 Å². The fraction of sp³-hybridized carbons (Fsp3) is 0. The van der Waals surface area contributed by atoms with Crippen molar-refractivity contribution in [3.8, 4) is 11.5 Å². The first-order valence-electron chi connectivity index (χ1n) is 4.28. The molecule has 7 heteroatoms. The van der Waals surface area contributed by atoms with E-state index in [0.717, 1.165) is 12.4 Å². The Balaban J connectivity index is 2.47. The SMILES string of the molecule is O=C(O)c1cnc(-c2n[nH]ccc2=O)nc1. The third-order valence-electron chi connectivity index (χ3n) is 1.83. The van der Waals surface area contributed by atoms with Gasteiger partial charge in [0.15, 0.2) is 11.5 Å². The maximum Gasteiger partial charge on any atom is 0.338 e. The highest BCUT2D eigenvalue weighted by atomic mass is 16.4. The van der Waals surface area contributed by atoms with Crippen molar-refractivity contribution in [2.75, 3.05) is 0 Å². The predicted octanol–water partition coefficient (Wildman–Crippen LogP) is -0.0749. The van der Waals surface area contributed by atoms with Gasteiger partial charge in [-0.15, -0.1) is 0 Å². The molecule has 0 aliphatic rings. The van der Waals surface area contributed by atoms with E-state index >= 15 is 0 Å². The maximum atomic E-state index is 11.4. The maximum absolute atomic E-state index is 11.4. The zero-order valence-corrected chi connectivity index (χ0v) is 7.91. The molecule has 0 amide bonds. The van der Waals surface area contributed by atoms with Crippen molar-refractivity contribution in [1.29, 1.82) is 0 Å². The highest BCUT2D eigenvalue weighted by Gasteiger charge is 2.09. The Morgan fingerprint density at radius 1 is 1.31 bits per heavy atom. The zero-order valence-electron chi connectivity index (χ0n) is 7.91. The molecule has 0 aliphatic carbocycles. The van der Waals surface area contributed by atoms with Crippen molar-refractivity contribution in [2.24, 2.45) is 0 Å². The summed E-state index contributed by atoms with van der Waals surface area (Å²) in [6, 6.07) is 1.29. The van der Waals surface area contributed by atoms with Gasteiger partial charge in [-0.25, -0.2) is 14.8 Å². The molecule has 7 nitrogen and oxygen atoms in total. The minimum Gasteiger partial charge on any atom is -0.478 e. The number of carboxylic acids is 1. The summed E-state index contributed by atoms with van der Waals surface area (Å²) in [6.45, 7) is 0. The van der Waals surface area contributed by atoms with Crippen LogP contribution in [0.5, 0.6) is 0 Å². The van der Waals surface area contributed by atoms with Gasteiger partial charge in [0.1, 0.15) is 0 Å². The first kappa shape index (κ1) is 9.97. The van der Waals surface area contributed by atoms with Crippen molar-refractivity contribution >= 4 is 5.97 Å². The second-order valence-electron chi connectivity index (χ2n) is 2.89. The smallest absolute Gasteiger partial charge is 0.338 e. The van der Waals surface area contributed by atoms with Crippen LogP contribution < -0.4 is 5.43 Å². The number of hydrogen-bond donors (Lipinski definition) is 2. The molecular weight excluding hydrogens is 212 g/mol. The lowest BCUT2D eigenvalue weighted by Crippen LogP contribution is -2.09. The molecule has 0 radical (unpaired) electrons. The molecule has 2 N–H and O–H groups in total. The molecule has 0 saturated carbocycles. The molecule has 2 aromatic heterocycles. The number of hydrogen-bond acceptors (Lipinski definition) is 5. The number of aromatic nitrogens is 4. The first-order chi connectivity index (χ1) is 7.68. The second kappa shape index (κ2) is 3.89. The molecule has 80 valence electrons. The summed E-state index contributed by atoms with van der Waals surface area (Å²) >= 11 is 0. The number of rotatable bonds is 2. The van der Waals surface area contributed by atoms with Gasteiger partial charge in [-0.3, -0.25) is 9.89 Å². The first-order valence-corrected chi connectivity index (χ1v) is 4.28. The Bertz CT molecular complexity index is 576. The van der Waals surface area contributed by atoms with Crippen LogP contribution in [-0.4, -0.2) is 31.2 Å². The molecule has 0 aromatic carbocycles. The minimum atomic E-state index is -1.12. The highest BCUT2D eigenvalue weighted by molar-refractivity contribution is 5.86. The number of carboxylic acid groups (broad SMARTS) is 1. The normalized spacial score (nSPS) is 10.0. The number of nitrogens with zero attached hydrogens (tertiary/aromatic N) is 3. The van der Waals surface area contributed by atoms with E-state index in [0.29, 0.717) is 0 Å². The van der Waals surface area contributed by atoms with E-state index in [2.05, 4.69) is 20.2 Å². The van der Waals surface area contributed by atoms with Crippen LogP contribution in [0.4, 0.5) is 0 Å². The van der Waals surface area contributed by atoms with Gasteiger partial charge in [0, 0.05) is 24.7 Å². The summed E-state index contributed by atoms with van der Waals surface area (Å²) in [6.07, 6.45) is 3.63. The summed E-state index contributed by atoms with van der Waals surface area (Å²) in [5.41, 5.74) is -0.322. The number of H-pyrrole nitrogens is 1. The summed E-state index contributed by atoms with van der Waals surface area (Å²) in [5.74, 6) is -1.03. The van der Waals surface area contributed by atoms with Crippen molar-refractivity contribution in [1.82, 2.24) is 20.2 Å². The van der Waals surface area contributed by atoms with Crippen LogP contribution in [0, 0.1) is 0 Å². The van der Waals surface area contributed by atoms with Crippen LogP contribution >= 0.6 is 0 Å². The molecule has 0 aliphatic heterocycles. The van der Waals surface area contributed by atoms with Gasteiger partial charge in [0.25, 0.3) is 0 Å². The Labute approximate surface area is 88.8 Å². The molecule has 16 heavy (non-hydrogen) atoms. The molecule has 0 spiro atoms. The van der Waals surface area contributed by atoms with E-state index in [-0.39, 0.29) is 22.5 Å². The lowest BCUT2D eigenvalue weighted by atomic mass is 10.3. The molecule has 2 heterocycles. The van der Waals surface area contributed by atoms with Gasteiger partial charge in [0.05, 0.1) is 5.56 Å². The van der Waals surface area contributed by atoms with Gasteiger partial charge >= 0.3 is 5.97 Å². The molecule has 0 bridgehead atoms. The van der Waals surface area contributed by atoms with Crippen molar-refractivity contribution < 1.29 is 9.90 Å². The van der Waals surface area contributed by atoms with Gasteiger partial charge < -0.3 is 5.11 Å². The number of aromatic amines is 1. The summed E-state index contributed by atoms with van der Waals surface area (Å²) in [7, 11) is 0. The number of carbonyl (C=O) groups is 1. The van der Waals surface area contributed by atoms with Crippen molar-refractivity contribution in [3.63, 3.8) is 0 Å². The average Bonchev–Trinajstić information content (AvgIpc) is 2.30. The van der Waals surface area contributed by atoms with Crippen LogP contribution in [0.15, 0.2) is 29.5 Å².